The van der Waals surface area contributed by atoms with Crippen molar-refractivity contribution in [3.63, 3.8) is 0 Å². The van der Waals surface area contributed by atoms with Crippen LogP contribution in [0.1, 0.15) is 5.82 Å². The van der Waals surface area contributed by atoms with Gasteiger partial charge in [0.2, 0.25) is 0 Å². The summed E-state index contributed by atoms with van der Waals surface area (Å²) >= 11 is 0. The number of nitrogens with zero attached hydrogens (tertiary/aromatic N) is 3. The average molecular weight is 308 g/mol. The molecule has 0 aliphatic rings. The van der Waals surface area contributed by atoms with E-state index in [0.717, 1.165) is 5.56 Å². The molecule has 0 aliphatic carbocycles. The minimum atomic E-state index is -4.70. The first-order valence-corrected chi connectivity index (χ1v) is 6.30. The van der Waals surface area contributed by atoms with Gasteiger partial charge in [-0.15, -0.1) is 23.4 Å². The van der Waals surface area contributed by atoms with Crippen molar-refractivity contribution in [3.05, 3.63) is 42.4 Å². The third-order valence-corrected chi connectivity index (χ3v) is 3.12. The lowest BCUT2D eigenvalue weighted by molar-refractivity contribution is -0.274. The molecule has 0 aliphatic heterocycles. The predicted octanol–water partition coefficient (Wildman–Crippen LogP) is 3.19. The van der Waals surface area contributed by atoms with Gasteiger partial charge in [0, 0.05) is 11.8 Å². The molecule has 3 rings (SSSR count). The van der Waals surface area contributed by atoms with Crippen LogP contribution >= 0.6 is 0 Å². The van der Waals surface area contributed by atoms with Crippen LogP contribution in [0.3, 0.4) is 0 Å². The molecule has 2 heterocycles. The molecule has 0 unspecified atom stereocenters. The summed E-state index contributed by atoms with van der Waals surface area (Å²) in [7, 11) is 0. The van der Waals surface area contributed by atoms with Gasteiger partial charge in [0.1, 0.15) is 11.6 Å². The number of halogens is 3. The van der Waals surface area contributed by atoms with Gasteiger partial charge in [-0.2, -0.15) is 0 Å². The van der Waals surface area contributed by atoms with Gasteiger partial charge in [-0.3, -0.25) is 4.40 Å². The van der Waals surface area contributed by atoms with Crippen LogP contribution in [0.5, 0.6) is 5.75 Å². The number of hydrogen-bond acceptors (Lipinski definition) is 4. The van der Waals surface area contributed by atoms with Gasteiger partial charge >= 0.3 is 6.36 Å². The molecule has 0 amide bonds. The van der Waals surface area contributed by atoms with E-state index in [1.165, 1.54) is 24.3 Å². The van der Waals surface area contributed by atoms with Crippen LogP contribution in [-0.4, -0.2) is 21.0 Å². The Morgan fingerprint density at radius 3 is 2.41 bits per heavy atom. The quantitative estimate of drug-likeness (QED) is 0.789. The summed E-state index contributed by atoms with van der Waals surface area (Å²) in [5.74, 6) is 0.395. The van der Waals surface area contributed by atoms with Crippen LogP contribution in [0.25, 0.3) is 16.8 Å². The Balaban J connectivity index is 1.99. The van der Waals surface area contributed by atoms with Gasteiger partial charge in [-0.05, 0) is 30.7 Å². The van der Waals surface area contributed by atoms with E-state index in [9.17, 15) is 13.2 Å². The van der Waals surface area contributed by atoms with Gasteiger partial charge in [-0.25, -0.2) is 0 Å². The summed E-state index contributed by atoms with van der Waals surface area (Å²) in [6.45, 7) is 1.78. The second-order valence-corrected chi connectivity index (χ2v) is 4.70. The Morgan fingerprint density at radius 2 is 1.77 bits per heavy atom. The van der Waals surface area contributed by atoms with Crippen LogP contribution in [0.15, 0.2) is 36.5 Å². The monoisotopic (exact) mass is 308 g/mol. The number of benzene rings is 1. The van der Waals surface area contributed by atoms with Crippen LogP contribution < -0.4 is 10.5 Å². The maximum Gasteiger partial charge on any atom is 0.573 e. The van der Waals surface area contributed by atoms with Crippen LogP contribution in [0.4, 0.5) is 18.9 Å². The first-order valence-electron chi connectivity index (χ1n) is 6.30. The van der Waals surface area contributed by atoms with Crippen molar-refractivity contribution >= 4 is 11.3 Å². The molecule has 0 atom stereocenters. The summed E-state index contributed by atoms with van der Waals surface area (Å²) in [6, 6.07) is 7.26. The van der Waals surface area contributed by atoms with Crippen LogP contribution in [0, 0.1) is 6.92 Å². The number of pyridine rings is 1. The molecule has 22 heavy (non-hydrogen) atoms. The Morgan fingerprint density at radius 1 is 1.09 bits per heavy atom. The van der Waals surface area contributed by atoms with Crippen molar-refractivity contribution in [1.82, 2.24) is 14.6 Å². The summed E-state index contributed by atoms with van der Waals surface area (Å²) < 4.78 is 42.0. The van der Waals surface area contributed by atoms with E-state index in [4.69, 9.17) is 5.73 Å². The average Bonchev–Trinajstić information content (AvgIpc) is 2.80. The normalized spacial score (nSPS) is 11.8. The zero-order chi connectivity index (χ0) is 15.9. The van der Waals surface area contributed by atoms with Crippen LogP contribution in [-0.2, 0) is 0 Å². The lowest BCUT2D eigenvalue weighted by Crippen LogP contribution is -2.16. The molecule has 0 radical (unpaired) electrons. The zero-order valence-corrected chi connectivity index (χ0v) is 11.4. The number of rotatable bonds is 2. The van der Waals surface area contributed by atoms with Gasteiger partial charge in [0.05, 0.1) is 5.69 Å². The number of alkyl halides is 3. The fourth-order valence-corrected chi connectivity index (χ4v) is 2.14. The molecule has 8 heteroatoms. The number of anilines is 1. The predicted molar refractivity (Wildman–Crippen MR) is 74.3 cm³/mol. The van der Waals surface area contributed by atoms with Crippen molar-refractivity contribution in [2.75, 3.05) is 5.73 Å². The highest BCUT2D eigenvalue weighted by Crippen LogP contribution is 2.28. The SMILES string of the molecule is Cc1nnc2c(N)cc(-c3ccc(OC(F)(F)F)cc3)cn12. The molecule has 0 saturated carbocycles. The largest absolute Gasteiger partial charge is 0.573 e. The third kappa shape index (κ3) is 2.67. The van der Waals surface area contributed by atoms with Gasteiger partial charge in [0.25, 0.3) is 0 Å². The maximum absolute atomic E-state index is 12.1. The highest BCUT2D eigenvalue weighted by atomic mass is 19.4. The first-order chi connectivity index (χ1) is 10.3. The van der Waals surface area contributed by atoms with Crippen LogP contribution in [0.2, 0.25) is 0 Å². The molecule has 1 aromatic carbocycles. The topological polar surface area (TPSA) is 65.4 Å². The molecule has 0 saturated heterocycles. The van der Waals surface area contributed by atoms with Crippen molar-refractivity contribution in [2.24, 2.45) is 0 Å². The maximum atomic E-state index is 12.1. The molecule has 0 fully saturated rings. The molecule has 2 aromatic heterocycles. The lowest BCUT2D eigenvalue weighted by atomic mass is 10.1. The second-order valence-electron chi connectivity index (χ2n) is 4.70. The fraction of sp³-hybridized carbons (Fsp3) is 0.143. The van der Waals surface area contributed by atoms with E-state index in [1.807, 2.05) is 0 Å². The second kappa shape index (κ2) is 4.90. The number of fused-ring (bicyclic) bond motifs is 1. The Hall–Kier alpha value is -2.77. The minimum absolute atomic E-state index is 0.272. The van der Waals surface area contributed by atoms with Crippen molar-refractivity contribution in [2.45, 2.75) is 13.3 Å². The van der Waals surface area contributed by atoms with E-state index in [0.29, 0.717) is 22.7 Å². The molecule has 0 bridgehead atoms. The minimum Gasteiger partial charge on any atom is -0.406 e. The highest BCUT2D eigenvalue weighted by molar-refractivity contribution is 5.74. The van der Waals surface area contributed by atoms with Crippen molar-refractivity contribution < 1.29 is 17.9 Å². The Kier molecular flexibility index (Phi) is 3.16. The van der Waals surface area contributed by atoms with Crippen molar-refractivity contribution in [3.8, 4) is 16.9 Å². The molecule has 2 N–H and O–H groups in total. The molecular weight excluding hydrogens is 297 g/mol. The van der Waals surface area contributed by atoms with E-state index in [-0.39, 0.29) is 5.75 Å². The standard InChI is InChI=1S/C14H11F3N4O/c1-8-19-20-13-12(18)6-10(7-21(8)13)9-2-4-11(5-3-9)22-14(15,16)17/h2-7H,18H2,1H3. The highest BCUT2D eigenvalue weighted by Gasteiger charge is 2.30. The molecule has 114 valence electrons. The zero-order valence-electron chi connectivity index (χ0n) is 11.4. The summed E-state index contributed by atoms with van der Waals surface area (Å²) in [5, 5.41) is 7.88. The smallest absolute Gasteiger partial charge is 0.406 e. The number of aromatic nitrogens is 3. The number of hydrogen-bond donors (Lipinski definition) is 1. The Bertz CT molecular complexity index is 824. The van der Waals surface area contributed by atoms with E-state index >= 15 is 0 Å². The number of ether oxygens (including phenoxy) is 1. The number of nitrogen functional groups attached to an aromatic ring is 1. The van der Waals surface area contributed by atoms with Crippen molar-refractivity contribution in [1.29, 1.82) is 0 Å². The molecule has 3 aromatic rings. The van der Waals surface area contributed by atoms with Gasteiger partial charge in [-0.1, -0.05) is 12.1 Å². The number of nitrogens with two attached hydrogens (primary N) is 1. The molecule has 5 nitrogen and oxygen atoms in total. The number of aryl methyl sites for hydroxylation is 1. The molecular formula is C14H11F3N4O. The third-order valence-electron chi connectivity index (χ3n) is 3.12. The van der Waals surface area contributed by atoms with Gasteiger partial charge < -0.3 is 10.5 Å². The fourth-order valence-electron chi connectivity index (χ4n) is 2.14. The lowest BCUT2D eigenvalue weighted by Gasteiger charge is -2.10. The van der Waals surface area contributed by atoms with E-state index < -0.39 is 6.36 Å². The van der Waals surface area contributed by atoms with Gasteiger partial charge in [0.15, 0.2) is 5.65 Å². The molecule has 0 spiro atoms. The summed E-state index contributed by atoms with van der Waals surface area (Å²) in [6.07, 6.45) is -2.93. The summed E-state index contributed by atoms with van der Waals surface area (Å²) in [5.41, 5.74) is 8.35. The first kappa shape index (κ1) is 14.2. The summed E-state index contributed by atoms with van der Waals surface area (Å²) in [4.78, 5) is 0. The Labute approximate surface area is 123 Å². The van der Waals surface area contributed by atoms with E-state index in [1.54, 1.807) is 23.6 Å². The van der Waals surface area contributed by atoms with E-state index in [2.05, 4.69) is 14.9 Å².